The number of fused-ring (bicyclic) bond motifs is 1. The van der Waals surface area contributed by atoms with E-state index in [0.29, 0.717) is 37.0 Å². The third-order valence-electron chi connectivity index (χ3n) is 6.08. The third kappa shape index (κ3) is 5.03. The highest BCUT2D eigenvalue weighted by molar-refractivity contribution is 5.94. The fourth-order valence-electron chi connectivity index (χ4n) is 4.55. The normalized spacial score (nSPS) is 20.2. The van der Waals surface area contributed by atoms with Gasteiger partial charge in [-0.3, -0.25) is 9.78 Å². The Labute approximate surface area is 190 Å². The molecule has 1 aromatic carbocycles. The van der Waals surface area contributed by atoms with Crippen molar-refractivity contribution in [3.63, 3.8) is 0 Å². The summed E-state index contributed by atoms with van der Waals surface area (Å²) in [7, 11) is 1.81. The lowest BCUT2D eigenvalue weighted by atomic mass is 10.0. The Hall–Kier alpha value is -3.09. The number of anilines is 1. The molecule has 2 fully saturated rings. The molecule has 2 amide bonds. The Morgan fingerprint density at radius 1 is 1.06 bits per heavy atom. The number of carbonyl (C=O) groups excluding carboxylic acids is 2. The molecule has 0 aliphatic carbocycles. The van der Waals surface area contributed by atoms with E-state index in [1.165, 1.54) is 0 Å². The van der Waals surface area contributed by atoms with Gasteiger partial charge in [0.2, 0.25) is 0 Å². The number of ether oxygens (including phenoxy) is 1. The number of carbonyl (C=O) groups is 2. The summed E-state index contributed by atoms with van der Waals surface area (Å²) in [5.41, 5.74) is 2.16. The third-order valence-corrected chi connectivity index (χ3v) is 6.08. The molecule has 2 saturated heterocycles. The minimum absolute atomic E-state index is 0.0429. The Morgan fingerprint density at radius 2 is 1.72 bits per heavy atom. The lowest BCUT2D eigenvalue weighted by molar-refractivity contribution is 0.0282. The molecule has 0 radical (unpaired) electrons. The molecule has 4 rings (SSSR count). The van der Waals surface area contributed by atoms with E-state index in [0.717, 1.165) is 24.3 Å². The minimum atomic E-state index is -0.479. The highest BCUT2D eigenvalue weighted by Crippen LogP contribution is 2.34. The van der Waals surface area contributed by atoms with Gasteiger partial charge in [0.1, 0.15) is 5.60 Å². The van der Waals surface area contributed by atoms with Crippen molar-refractivity contribution >= 4 is 17.7 Å². The number of pyridine rings is 1. The van der Waals surface area contributed by atoms with Crippen LogP contribution in [0.5, 0.6) is 0 Å². The lowest BCUT2D eigenvalue weighted by Crippen LogP contribution is -2.37. The van der Waals surface area contributed by atoms with Crippen molar-refractivity contribution in [2.45, 2.75) is 32.9 Å². The molecule has 0 unspecified atom stereocenters. The monoisotopic (exact) mass is 436 g/mol. The molecule has 2 aliphatic heterocycles. The number of nitrogens with zero attached hydrogens (tertiary/aromatic N) is 4. The molecular weight excluding hydrogens is 404 g/mol. The van der Waals surface area contributed by atoms with Gasteiger partial charge < -0.3 is 19.4 Å². The maximum absolute atomic E-state index is 13.0. The molecule has 0 N–H and O–H groups in total. The topological polar surface area (TPSA) is 66.0 Å². The van der Waals surface area contributed by atoms with Gasteiger partial charge >= 0.3 is 6.09 Å². The summed E-state index contributed by atoms with van der Waals surface area (Å²) in [6, 6.07) is 11.9. The van der Waals surface area contributed by atoms with Crippen LogP contribution in [0.3, 0.4) is 0 Å². The predicted molar refractivity (Wildman–Crippen MR) is 123 cm³/mol. The maximum Gasteiger partial charge on any atom is 0.410 e. The van der Waals surface area contributed by atoms with Crippen LogP contribution < -0.4 is 4.90 Å². The molecule has 2 aromatic rings. The second-order valence-electron chi connectivity index (χ2n) is 9.89. The molecule has 0 saturated carbocycles. The Kier molecular flexibility index (Phi) is 6.09. The standard InChI is InChI=1S/C25H32N4O3/c1-25(2,3)32-24(31)29-16-20-14-28(15-21(20)17-29)22-10-19(11-26-12-22)23(30)27(4)13-18-8-6-5-7-9-18/h5-12,20-21H,13-17H2,1-4H3/t20-,21+. The molecule has 1 aromatic heterocycles. The summed E-state index contributed by atoms with van der Waals surface area (Å²) in [6.07, 6.45) is 3.23. The smallest absolute Gasteiger partial charge is 0.410 e. The van der Waals surface area contributed by atoms with E-state index >= 15 is 0 Å². The van der Waals surface area contributed by atoms with E-state index in [-0.39, 0.29) is 12.0 Å². The number of amides is 2. The Morgan fingerprint density at radius 3 is 2.34 bits per heavy atom. The highest BCUT2D eigenvalue weighted by atomic mass is 16.6. The van der Waals surface area contributed by atoms with Gasteiger partial charge in [0.25, 0.3) is 5.91 Å². The molecule has 7 nitrogen and oxygen atoms in total. The maximum atomic E-state index is 13.0. The van der Waals surface area contributed by atoms with E-state index in [1.54, 1.807) is 11.1 Å². The number of hydrogen-bond acceptors (Lipinski definition) is 5. The van der Waals surface area contributed by atoms with Crippen LogP contribution in [0.2, 0.25) is 0 Å². The highest BCUT2D eigenvalue weighted by Gasteiger charge is 2.42. The zero-order chi connectivity index (χ0) is 22.9. The zero-order valence-corrected chi connectivity index (χ0v) is 19.3. The van der Waals surface area contributed by atoms with Crippen molar-refractivity contribution in [1.29, 1.82) is 0 Å². The first-order chi connectivity index (χ1) is 15.2. The molecule has 2 atom stereocenters. The van der Waals surface area contributed by atoms with Crippen molar-refractivity contribution in [3.05, 3.63) is 59.9 Å². The molecule has 0 bridgehead atoms. The second-order valence-corrected chi connectivity index (χ2v) is 9.89. The van der Waals surface area contributed by atoms with Crippen LogP contribution in [0.15, 0.2) is 48.8 Å². The van der Waals surface area contributed by atoms with Crippen LogP contribution in [-0.4, -0.2) is 65.6 Å². The van der Waals surface area contributed by atoms with Crippen molar-refractivity contribution in [3.8, 4) is 0 Å². The number of benzene rings is 1. The van der Waals surface area contributed by atoms with E-state index in [1.807, 2.05) is 75.3 Å². The molecule has 170 valence electrons. The quantitative estimate of drug-likeness (QED) is 0.732. The predicted octanol–water partition coefficient (Wildman–Crippen LogP) is 3.66. The number of aromatic nitrogens is 1. The first-order valence-electron chi connectivity index (χ1n) is 11.2. The van der Waals surface area contributed by atoms with Gasteiger partial charge in [-0.1, -0.05) is 30.3 Å². The summed E-state index contributed by atoms with van der Waals surface area (Å²) >= 11 is 0. The average molecular weight is 437 g/mol. The average Bonchev–Trinajstić information content (AvgIpc) is 3.32. The van der Waals surface area contributed by atoms with Crippen molar-refractivity contribution < 1.29 is 14.3 Å². The number of likely N-dealkylation sites (tertiary alicyclic amines) is 1. The SMILES string of the molecule is CN(Cc1ccccc1)C(=O)c1cncc(N2C[C@H]3CN(C(=O)OC(C)(C)C)C[C@H]3C2)c1. The van der Waals surface area contributed by atoms with E-state index < -0.39 is 5.60 Å². The summed E-state index contributed by atoms with van der Waals surface area (Å²) in [6.45, 7) is 9.35. The molecule has 2 aliphatic rings. The lowest BCUT2D eigenvalue weighted by Gasteiger charge is -2.26. The Balaban J connectivity index is 1.37. The van der Waals surface area contributed by atoms with Gasteiger partial charge in [0.05, 0.1) is 17.4 Å². The largest absolute Gasteiger partial charge is 0.444 e. The number of rotatable bonds is 4. The van der Waals surface area contributed by atoms with Crippen LogP contribution >= 0.6 is 0 Å². The fourth-order valence-corrected chi connectivity index (χ4v) is 4.55. The van der Waals surface area contributed by atoms with Crippen molar-refractivity contribution in [2.75, 3.05) is 38.1 Å². The van der Waals surface area contributed by atoms with Crippen molar-refractivity contribution in [1.82, 2.24) is 14.8 Å². The van der Waals surface area contributed by atoms with Crippen molar-refractivity contribution in [2.24, 2.45) is 11.8 Å². The minimum Gasteiger partial charge on any atom is -0.444 e. The van der Waals surface area contributed by atoms with E-state index in [2.05, 4.69) is 9.88 Å². The molecule has 0 spiro atoms. The van der Waals surface area contributed by atoms with E-state index in [4.69, 9.17) is 4.74 Å². The molecular formula is C25H32N4O3. The first kappa shape index (κ1) is 22.1. The number of hydrogen-bond donors (Lipinski definition) is 0. The second kappa shape index (κ2) is 8.81. The first-order valence-corrected chi connectivity index (χ1v) is 11.2. The van der Waals surface area contributed by atoms with Gasteiger partial charge in [-0.15, -0.1) is 0 Å². The van der Waals surface area contributed by atoms with Gasteiger partial charge in [-0.2, -0.15) is 0 Å². The van der Waals surface area contributed by atoms with Gasteiger partial charge in [-0.25, -0.2) is 4.79 Å². The van der Waals surface area contributed by atoms with Crippen LogP contribution in [0, 0.1) is 11.8 Å². The van der Waals surface area contributed by atoms with E-state index in [9.17, 15) is 9.59 Å². The fraction of sp³-hybridized carbons (Fsp3) is 0.480. The summed E-state index contributed by atoms with van der Waals surface area (Å²) in [5.74, 6) is 0.768. The van der Waals surface area contributed by atoms with Crippen LogP contribution in [0.4, 0.5) is 10.5 Å². The van der Waals surface area contributed by atoms with Crippen LogP contribution in [0.1, 0.15) is 36.7 Å². The summed E-state index contributed by atoms with van der Waals surface area (Å²) in [5, 5.41) is 0. The van der Waals surface area contributed by atoms with Crippen LogP contribution in [0.25, 0.3) is 0 Å². The Bertz CT molecular complexity index is 959. The van der Waals surface area contributed by atoms with Gasteiger partial charge in [-0.05, 0) is 32.4 Å². The molecule has 32 heavy (non-hydrogen) atoms. The van der Waals surface area contributed by atoms with Gasteiger partial charge in [0, 0.05) is 57.8 Å². The van der Waals surface area contributed by atoms with Gasteiger partial charge in [0.15, 0.2) is 0 Å². The molecule has 7 heteroatoms. The van der Waals surface area contributed by atoms with Crippen LogP contribution in [-0.2, 0) is 11.3 Å². The summed E-state index contributed by atoms with van der Waals surface area (Å²) in [4.78, 5) is 35.5. The zero-order valence-electron chi connectivity index (χ0n) is 19.3. The summed E-state index contributed by atoms with van der Waals surface area (Å²) < 4.78 is 5.53. The molecule has 3 heterocycles.